The van der Waals surface area contributed by atoms with E-state index in [9.17, 15) is 9.18 Å². The smallest absolute Gasteiger partial charge is 0.263 e. The molecule has 4 aromatic rings. The first kappa shape index (κ1) is 25.3. The number of nitrogens with one attached hydrogen (secondary N) is 1. The Morgan fingerprint density at radius 2 is 2.03 bits per heavy atom. The Balaban J connectivity index is 1.94. The fourth-order valence-electron chi connectivity index (χ4n) is 4.19. The molecule has 4 rings (SSSR count). The van der Waals surface area contributed by atoms with E-state index in [1.54, 1.807) is 29.1 Å². The lowest BCUT2D eigenvalue weighted by molar-refractivity contribution is 0.604. The minimum Gasteiger partial charge on any atom is -0.404 e. The van der Waals surface area contributed by atoms with Gasteiger partial charge in [0.2, 0.25) is 0 Å². The molecule has 2 aromatic carbocycles. The van der Waals surface area contributed by atoms with Crippen molar-refractivity contribution < 1.29 is 4.39 Å². The van der Waals surface area contributed by atoms with E-state index in [-0.39, 0.29) is 5.56 Å². The van der Waals surface area contributed by atoms with E-state index < -0.39 is 11.9 Å². The van der Waals surface area contributed by atoms with Crippen LogP contribution in [0.5, 0.6) is 0 Å². The van der Waals surface area contributed by atoms with Gasteiger partial charge in [-0.25, -0.2) is 14.4 Å². The van der Waals surface area contributed by atoms with E-state index in [1.165, 1.54) is 29.0 Å². The quantitative estimate of drug-likeness (QED) is 0.287. The Bertz CT molecular complexity index is 1610. The summed E-state index contributed by atoms with van der Waals surface area (Å²) in [5, 5.41) is 8.85. The molecule has 2 heterocycles. The maximum Gasteiger partial charge on any atom is 0.263 e. The van der Waals surface area contributed by atoms with Crippen LogP contribution >= 0.6 is 0 Å². The minimum absolute atomic E-state index is 0.267. The number of hydrogen-bond acceptors (Lipinski definition) is 5. The average molecular weight is 498 g/mol. The minimum atomic E-state index is -0.439. The second kappa shape index (κ2) is 10.9. The van der Waals surface area contributed by atoms with Crippen LogP contribution in [0.3, 0.4) is 0 Å². The zero-order valence-corrected chi connectivity index (χ0v) is 20.9. The molecule has 0 unspecified atom stereocenters. The standard InChI is InChI=1S/C28H28FN7O/c1-5-25(34-26(31-3)12-13-30)33-18(2)24-14-19-8-6-11-23(20-16-32-35(4)17-20)27(19)28(37)36(24)22-10-7-9-21(29)15-22/h5-18,33H,3,30H2,1-2,4H3/b13-12?,25-5-,34-26?/t18-/m0/s1. The average Bonchev–Trinajstić information content (AvgIpc) is 3.33. The molecule has 9 heteroatoms. The van der Waals surface area contributed by atoms with Crippen LogP contribution in [0.25, 0.3) is 27.6 Å². The highest BCUT2D eigenvalue weighted by Crippen LogP contribution is 2.29. The highest BCUT2D eigenvalue weighted by molar-refractivity contribution is 5.97. The van der Waals surface area contributed by atoms with Crippen molar-refractivity contribution in [2.24, 2.45) is 22.8 Å². The van der Waals surface area contributed by atoms with Gasteiger partial charge in [-0.2, -0.15) is 5.10 Å². The first-order valence-corrected chi connectivity index (χ1v) is 11.7. The van der Waals surface area contributed by atoms with Crippen LogP contribution in [0.1, 0.15) is 25.6 Å². The van der Waals surface area contributed by atoms with Gasteiger partial charge < -0.3 is 11.1 Å². The summed E-state index contributed by atoms with van der Waals surface area (Å²) < 4.78 is 17.5. The van der Waals surface area contributed by atoms with E-state index in [0.29, 0.717) is 28.4 Å². The van der Waals surface area contributed by atoms with Crippen LogP contribution in [-0.2, 0) is 7.05 Å². The Labute approximate surface area is 214 Å². The molecule has 188 valence electrons. The summed E-state index contributed by atoms with van der Waals surface area (Å²) in [5.74, 6) is 0.401. The second-order valence-corrected chi connectivity index (χ2v) is 8.39. The Morgan fingerprint density at radius 3 is 2.68 bits per heavy atom. The number of nitrogens with zero attached hydrogens (tertiary/aromatic N) is 5. The van der Waals surface area contributed by atoms with Gasteiger partial charge in [-0.05, 0) is 74.1 Å². The lowest BCUT2D eigenvalue weighted by Gasteiger charge is -2.22. The van der Waals surface area contributed by atoms with Gasteiger partial charge in [0.1, 0.15) is 11.6 Å². The van der Waals surface area contributed by atoms with Crippen molar-refractivity contribution in [3.05, 3.63) is 107 Å². The summed E-state index contributed by atoms with van der Waals surface area (Å²) >= 11 is 0. The Kier molecular flexibility index (Phi) is 7.43. The molecule has 0 aliphatic heterocycles. The highest BCUT2D eigenvalue weighted by Gasteiger charge is 2.20. The zero-order valence-electron chi connectivity index (χ0n) is 20.9. The van der Waals surface area contributed by atoms with Crippen LogP contribution in [0.2, 0.25) is 0 Å². The second-order valence-electron chi connectivity index (χ2n) is 8.39. The van der Waals surface area contributed by atoms with Crippen LogP contribution in [0, 0.1) is 5.82 Å². The van der Waals surface area contributed by atoms with E-state index in [4.69, 9.17) is 5.73 Å². The summed E-state index contributed by atoms with van der Waals surface area (Å²) in [6, 6.07) is 13.2. The highest BCUT2D eigenvalue weighted by atomic mass is 19.1. The molecule has 0 saturated heterocycles. The third-order valence-corrected chi connectivity index (χ3v) is 5.88. The van der Waals surface area contributed by atoms with Gasteiger partial charge in [0.15, 0.2) is 5.84 Å². The van der Waals surface area contributed by atoms with E-state index in [2.05, 4.69) is 27.1 Å². The van der Waals surface area contributed by atoms with Crippen LogP contribution in [0.15, 0.2) is 99.9 Å². The number of benzene rings is 2. The summed E-state index contributed by atoms with van der Waals surface area (Å²) in [4.78, 5) is 22.4. The van der Waals surface area contributed by atoms with Crippen LogP contribution < -0.4 is 16.6 Å². The van der Waals surface area contributed by atoms with Crippen LogP contribution in [-0.4, -0.2) is 26.9 Å². The number of amidine groups is 1. The molecule has 0 amide bonds. The first-order chi connectivity index (χ1) is 17.9. The third kappa shape index (κ3) is 5.25. The van der Waals surface area contributed by atoms with E-state index in [0.717, 1.165) is 16.5 Å². The number of nitrogens with two attached hydrogens (primary N) is 1. The molecule has 0 spiro atoms. The molecule has 0 aliphatic carbocycles. The SMILES string of the molecule is C=NC(C=CN)=N/C(=C\C)N[C@@H](C)c1cc2cccc(-c3cnn(C)c3)c2c(=O)n1-c1cccc(F)c1. The molecular weight excluding hydrogens is 469 g/mol. The number of rotatable bonds is 7. The van der Waals surface area contributed by atoms with Gasteiger partial charge >= 0.3 is 0 Å². The van der Waals surface area contributed by atoms with Gasteiger partial charge in [0.25, 0.3) is 5.56 Å². The summed E-state index contributed by atoms with van der Waals surface area (Å²) in [6.45, 7) is 7.25. The predicted molar refractivity (Wildman–Crippen MR) is 147 cm³/mol. The summed E-state index contributed by atoms with van der Waals surface area (Å²) in [7, 11) is 1.82. The maximum absolute atomic E-state index is 14.3. The molecule has 0 radical (unpaired) electrons. The van der Waals surface area contributed by atoms with E-state index >= 15 is 0 Å². The normalized spacial score (nSPS) is 13.3. The predicted octanol–water partition coefficient (Wildman–Crippen LogP) is 4.61. The Hall–Kier alpha value is -4.79. The van der Waals surface area contributed by atoms with Crippen molar-refractivity contribution in [1.82, 2.24) is 19.7 Å². The number of aromatic nitrogens is 3. The molecule has 0 aliphatic rings. The topological polar surface area (TPSA) is 103 Å². The van der Waals surface area contributed by atoms with E-state index in [1.807, 2.05) is 51.4 Å². The summed E-state index contributed by atoms with van der Waals surface area (Å²) in [6.07, 6.45) is 8.21. The van der Waals surface area contributed by atoms with Crippen molar-refractivity contribution >= 4 is 23.3 Å². The fourth-order valence-corrected chi connectivity index (χ4v) is 4.19. The van der Waals surface area contributed by atoms with Crippen molar-refractivity contribution in [2.75, 3.05) is 0 Å². The number of aryl methyl sites for hydroxylation is 1. The largest absolute Gasteiger partial charge is 0.404 e. The maximum atomic E-state index is 14.3. The van der Waals surface area contributed by atoms with Crippen molar-refractivity contribution in [3.63, 3.8) is 0 Å². The third-order valence-electron chi connectivity index (χ3n) is 5.88. The lowest BCUT2D eigenvalue weighted by Crippen LogP contribution is -2.28. The number of allylic oxidation sites excluding steroid dienone is 1. The van der Waals surface area contributed by atoms with Gasteiger partial charge in [-0.3, -0.25) is 14.0 Å². The molecule has 1 atom stereocenters. The number of pyridine rings is 1. The van der Waals surface area contributed by atoms with Crippen molar-refractivity contribution in [2.45, 2.75) is 19.9 Å². The summed E-state index contributed by atoms with van der Waals surface area (Å²) in [5.41, 5.74) is 7.82. The molecule has 37 heavy (non-hydrogen) atoms. The number of fused-ring (bicyclic) bond motifs is 1. The number of hydrogen-bond donors (Lipinski definition) is 2. The van der Waals surface area contributed by atoms with Crippen LogP contribution in [0.4, 0.5) is 4.39 Å². The first-order valence-electron chi connectivity index (χ1n) is 11.7. The molecular formula is C28H28FN7O. The molecule has 3 N–H and O–H groups in total. The van der Waals surface area contributed by atoms with Crippen molar-refractivity contribution in [3.8, 4) is 16.8 Å². The fraction of sp³-hybridized carbons (Fsp3) is 0.143. The number of aliphatic imine (C=N–C) groups is 2. The number of halogens is 1. The van der Waals surface area contributed by atoms with Crippen molar-refractivity contribution in [1.29, 1.82) is 0 Å². The molecule has 8 nitrogen and oxygen atoms in total. The van der Waals surface area contributed by atoms with Gasteiger partial charge in [-0.1, -0.05) is 24.3 Å². The van der Waals surface area contributed by atoms with Gasteiger partial charge in [0.05, 0.1) is 23.3 Å². The van der Waals surface area contributed by atoms with Gasteiger partial charge in [-0.15, -0.1) is 0 Å². The zero-order chi connectivity index (χ0) is 26.5. The lowest BCUT2D eigenvalue weighted by atomic mass is 9.99. The van der Waals surface area contributed by atoms with Gasteiger partial charge in [0, 0.05) is 24.5 Å². The molecule has 0 bridgehead atoms. The monoisotopic (exact) mass is 497 g/mol. The molecule has 0 fully saturated rings. The molecule has 0 saturated carbocycles. The Morgan fingerprint density at radius 1 is 1.24 bits per heavy atom. The molecule has 2 aromatic heterocycles.